The van der Waals surface area contributed by atoms with E-state index in [2.05, 4.69) is 29.5 Å². The van der Waals surface area contributed by atoms with Crippen molar-refractivity contribution in [1.29, 1.82) is 0 Å². The number of benzene rings is 2. The van der Waals surface area contributed by atoms with E-state index in [-0.39, 0.29) is 5.97 Å². The van der Waals surface area contributed by atoms with E-state index >= 15 is 0 Å². The number of ether oxygens (including phenoxy) is 1. The van der Waals surface area contributed by atoms with E-state index in [0.29, 0.717) is 12.4 Å². The molecule has 0 aliphatic carbocycles. The standard InChI is InChI=1S/C16H14O.C5H8O2/c17-16-12-10-15(11-13-16)9-5-4-8-14-6-2-1-3-7-14;1-3-5(6)7-4-2/h1-13,17H;3H,1,4H2,2H3. The third-order valence-corrected chi connectivity index (χ3v) is 2.83. The summed E-state index contributed by atoms with van der Waals surface area (Å²) in [4.78, 5) is 10.1. The van der Waals surface area contributed by atoms with Gasteiger partial charge in [0.05, 0.1) is 6.61 Å². The summed E-state index contributed by atoms with van der Waals surface area (Å²) in [6.45, 7) is 5.38. The van der Waals surface area contributed by atoms with Crippen molar-refractivity contribution in [2.24, 2.45) is 0 Å². The van der Waals surface area contributed by atoms with Crippen LogP contribution in [0.25, 0.3) is 12.2 Å². The Morgan fingerprint density at radius 1 is 1.00 bits per heavy atom. The number of hydrogen-bond donors (Lipinski definition) is 1. The number of carbonyl (C=O) groups excluding carboxylic acids is 1. The van der Waals surface area contributed by atoms with Crippen molar-refractivity contribution in [1.82, 2.24) is 0 Å². The molecule has 0 heterocycles. The predicted octanol–water partition coefficient (Wildman–Crippen LogP) is 4.85. The first-order chi connectivity index (χ1) is 11.7. The third-order valence-electron chi connectivity index (χ3n) is 2.83. The molecule has 0 saturated heterocycles. The van der Waals surface area contributed by atoms with Gasteiger partial charge in [-0.2, -0.15) is 0 Å². The van der Waals surface area contributed by atoms with Gasteiger partial charge in [-0.15, -0.1) is 0 Å². The molecular formula is C21H22O3. The fourth-order valence-electron chi connectivity index (χ4n) is 1.68. The van der Waals surface area contributed by atoms with Crippen LogP contribution >= 0.6 is 0 Å². The number of hydrogen-bond acceptors (Lipinski definition) is 3. The van der Waals surface area contributed by atoms with Crippen LogP contribution in [0, 0.1) is 0 Å². The van der Waals surface area contributed by atoms with Crippen LogP contribution in [0.5, 0.6) is 5.75 Å². The first-order valence-corrected chi connectivity index (χ1v) is 7.63. The highest BCUT2D eigenvalue weighted by molar-refractivity contribution is 5.81. The fraction of sp³-hybridized carbons (Fsp3) is 0.0952. The highest BCUT2D eigenvalue weighted by atomic mass is 16.5. The van der Waals surface area contributed by atoms with Crippen molar-refractivity contribution >= 4 is 18.1 Å². The van der Waals surface area contributed by atoms with Crippen LogP contribution in [0.1, 0.15) is 18.1 Å². The van der Waals surface area contributed by atoms with Gasteiger partial charge in [0.25, 0.3) is 0 Å². The second-order valence-corrected chi connectivity index (χ2v) is 4.68. The zero-order valence-electron chi connectivity index (χ0n) is 13.8. The average Bonchev–Trinajstić information content (AvgIpc) is 2.62. The molecule has 3 heteroatoms. The molecule has 0 radical (unpaired) electrons. The lowest BCUT2D eigenvalue weighted by Crippen LogP contribution is -1.97. The molecule has 0 bridgehead atoms. The Kier molecular flexibility index (Phi) is 9.09. The molecule has 0 unspecified atom stereocenters. The number of allylic oxidation sites excluding steroid dienone is 2. The zero-order chi connectivity index (χ0) is 17.6. The van der Waals surface area contributed by atoms with Gasteiger partial charge in [0.1, 0.15) is 5.75 Å². The molecule has 0 fully saturated rings. The molecule has 2 aromatic carbocycles. The summed E-state index contributed by atoms with van der Waals surface area (Å²) in [6.07, 6.45) is 9.18. The van der Waals surface area contributed by atoms with Crippen LogP contribution in [0.2, 0.25) is 0 Å². The quantitative estimate of drug-likeness (QED) is 0.486. The van der Waals surface area contributed by atoms with Gasteiger partial charge in [-0.1, -0.05) is 73.3 Å². The summed E-state index contributed by atoms with van der Waals surface area (Å²) in [5.74, 6) is -0.0653. The average molecular weight is 322 g/mol. The van der Waals surface area contributed by atoms with E-state index in [1.807, 2.05) is 48.6 Å². The summed E-state index contributed by atoms with van der Waals surface area (Å²) in [7, 11) is 0. The Bertz CT molecular complexity index is 668. The molecule has 24 heavy (non-hydrogen) atoms. The van der Waals surface area contributed by atoms with Crippen molar-refractivity contribution in [3.8, 4) is 5.75 Å². The molecule has 2 aromatic rings. The number of esters is 1. The Morgan fingerprint density at radius 3 is 2.00 bits per heavy atom. The summed E-state index contributed by atoms with van der Waals surface area (Å²) < 4.78 is 4.43. The molecule has 1 N–H and O–H groups in total. The van der Waals surface area contributed by atoms with E-state index in [4.69, 9.17) is 5.11 Å². The Balaban J connectivity index is 0.000000351. The van der Waals surface area contributed by atoms with Crippen molar-refractivity contribution in [2.45, 2.75) is 6.92 Å². The topological polar surface area (TPSA) is 46.5 Å². The van der Waals surface area contributed by atoms with Crippen molar-refractivity contribution < 1.29 is 14.6 Å². The molecule has 0 atom stereocenters. The van der Waals surface area contributed by atoms with E-state index in [0.717, 1.165) is 11.6 Å². The van der Waals surface area contributed by atoms with Crippen LogP contribution in [0.3, 0.4) is 0 Å². The highest BCUT2D eigenvalue weighted by Crippen LogP contribution is 2.11. The fourth-order valence-corrected chi connectivity index (χ4v) is 1.68. The monoisotopic (exact) mass is 322 g/mol. The second-order valence-electron chi connectivity index (χ2n) is 4.68. The van der Waals surface area contributed by atoms with Crippen LogP contribution in [-0.4, -0.2) is 17.7 Å². The van der Waals surface area contributed by atoms with Gasteiger partial charge in [0, 0.05) is 6.08 Å². The molecule has 0 amide bonds. The molecule has 0 aliphatic heterocycles. The number of phenols is 1. The minimum absolute atomic E-state index is 0.293. The molecule has 3 nitrogen and oxygen atoms in total. The lowest BCUT2D eigenvalue weighted by Gasteiger charge is -1.92. The maximum absolute atomic E-state index is 10.1. The number of aromatic hydroxyl groups is 1. The van der Waals surface area contributed by atoms with E-state index < -0.39 is 0 Å². The lowest BCUT2D eigenvalue weighted by molar-refractivity contribution is -0.137. The number of phenolic OH excluding ortho intramolecular Hbond substituents is 1. The molecule has 0 aliphatic rings. The van der Waals surface area contributed by atoms with Crippen molar-refractivity contribution in [3.05, 3.63) is 90.5 Å². The van der Waals surface area contributed by atoms with E-state index in [1.54, 1.807) is 19.1 Å². The van der Waals surface area contributed by atoms with Gasteiger partial charge in [-0.25, -0.2) is 4.79 Å². The largest absolute Gasteiger partial charge is 0.508 e. The molecule has 124 valence electrons. The zero-order valence-corrected chi connectivity index (χ0v) is 13.8. The molecule has 0 aromatic heterocycles. The predicted molar refractivity (Wildman–Crippen MR) is 99.4 cm³/mol. The van der Waals surface area contributed by atoms with Gasteiger partial charge >= 0.3 is 5.97 Å². The minimum Gasteiger partial charge on any atom is -0.508 e. The second kappa shape index (κ2) is 11.5. The van der Waals surface area contributed by atoms with E-state index in [1.165, 1.54) is 5.56 Å². The normalized spacial score (nSPS) is 10.2. The van der Waals surface area contributed by atoms with Gasteiger partial charge in [-0.05, 0) is 30.2 Å². The summed E-state index contributed by atoms with van der Waals surface area (Å²) >= 11 is 0. The third kappa shape index (κ3) is 8.39. The van der Waals surface area contributed by atoms with Crippen LogP contribution in [0.15, 0.2) is 79.4 Å². The highest BCUT2D eigenvalue weighted by Gasteiger charge is 1.87. The minimum atomic E-state index is -0.359. The lowest BCUT2D eigenvalue weighted by atomic mass is 10.2. The summed E-state index contributed by atoms with van der Waals surface area (Å²) in [5, 5.41) is 9.14. The smallest absolute Gasteiger partial charge is 0.330 e. The molecule has 2 rings (SSSR count). The Morgan fingerprint density at radius 2 is 1.54 bits per heavy atom. The van der Waals surface area contributed by atoms with Gasteiger partial charge in [0.15, 0.2) is 0 Å². The Hall–Kier alpha value is -3.07. The summed E-state index contributed by atoms with van der Waals surface area (Å²) in [5.41, 5.74) is 2.25. The first kappa shape index (κ1) is 19.0. The molecule has 0 saturated carbocycles. The SMILES string of the molecule is C=CC(=O)OCC.Oc1ccc(C=CC=Cc2ccccc2)cc1. The van der Waals surface area contributed by atoms with Crippen LogP contribution in [0.4, 0.5) is 0 Å². The Labute approximate surface area is 143 Å². The first-order valence-electron chi connectivity index (χ1n) is 7.63. The maximum atomic E-state index is 10.1. The molecule has 0 spiro atoms. The molecular weight excluding hydrogens is 300 g/mol. The van der Waals surface area contributed by atoms with Gasteiger partial charge in [-0.3, -0.25) is 0 Å². The number of carbonyl (C=O) groups is 1. The maximum Gasteiger partial charge on any atom is 0.330 e. The number of rotatable bonds is 5. The van der Waals surface area contributed by atoms with Crippen LogP contribution in [-0.2, 0) is 9.53 Å². The van der Waals surface area contributed by atoms with Gasteiger partial charge in [0.2, 0.25) is 0 Å². The van der Waals surface area contributed by atoms with Crippen molar-refractivity contribution in [2.75, 3.05) is 6.61 Å². The van der Waals surface area contributed by atoms with Gasteiger partial charge < -0.3 is 9.84 Å². The summed E-state index contributed by atoms with van der Waals surface area (Å²) in [6, 6.07) is 17.3. The van der Waals surface area contributed by atoms with E-state index in [9.17, 15) is 4.79 Å². The van der Waals surface area contributed by atoms with Crippen molar-refractivity contribution in [3.63, 3.8) is 0 Å². The van der Waals surface area contributed by atoms with Crippen LogP contribution < -0.4 is 0 Å².